The zero-order chi connectivity index (χ0) is 13.8. The van der Waals surface area contributed by atoms with E-state index in [9.17, 15) is 0 Å². The Bertz CT molecular complexity index is 533. The molecule has 2 aromatic heterocycles. The molecule has 0 bridgehead atoms. The van der Waals surface area contributed by atoms with Crippen molar-refractivity contribution in [2.45, 2.75) is 39.7 Å². The Labute approximate surface area is 115 Å². The molecule has 19 heavy (non-hydrogen) atoms. The fourth-order valence-electron chi connectivity index (χ4n) is 1.99. The van der Waals surface area contributed by atoms with Gasteiger partial charge in [-0.25, -0.2) is 4.98 Å². The van der Waals surface area contributed by atoms with Crippen molar-refractivity contribution in [2.75, 3.05) is 5.32 Å². The van der Waals surface area contributed by atoms with Crippen LogP contribution in [0.5, 0.6) is 0 Å². The van der Waals surface area contributed by atoms with Crippen molar-refractivity contribution in [1.82, 2.24) is 9.97 Å². The molecule has 0 amide bonds. The second-order valence-electron chi connectivity index (χ2n) is 5.33. The molecule has 3 nitrogen and oxygen atoms in total. The van der Waals surface area contributed by atoms with Gasteiger partial charge in [0.05, 0.1) is 5.69 Å². The number of aromatic nitrogens is 2. The first-order valence-corrected chi connectivity index (χ1v) is 6.76. The molecular weight excluding hydrogens is 234 g/mol. The summed E-state index contributed by atoms with van der Waals surface area (Å²) in [4.78, 5) is 8.94. The lowest BCUT2D eigenvalue weighted by atomic mass is 10.0. The van der Waals surface area contributed by atoms with Crippen molar-refractivity contribution >= 4 is 5.82 Å². The van der Waals surface area contributed by atoms with Gasteiger partial charge in [0.25, 0.3) is 0 Å². The van der Waals surface area contributed by atoms with E-state index in [-0.39, 0.29) is 0 Å². The van der Waals surface area contributed by atoms with Crippen LogP contribution in [0.25, 0.3) is 11.3 Å². The van der Waals surface area contributed by atoms with Gasteiger partial charge in [0.15, 0.2) is 0 Å². The molecule has 1 N–H and O–H groups in total. The zero-order valence-electron chi connectivity index (χ0n) is 12.0. The summed E-state index contributed by atoms with van der Waals surface area (Å²) in [6, 6.07) is 8.50. The van der Waals surface area contributed by atoms with Gasteiger partial charge in [-0.3, -0.25) is 4.98 Å². The molecule has 0 spiro atoms. The van der Waals surface area contributed by atoms with Crippen LogP contribution in [0, 0.1) is 0 Å². The molecular formula is C16H21N3. The Hall–Kier alpha value is -1.90. The van der Waals surface area contributed by atoms with Crippen LogP contribution in [-0.4, -0.2) is 16.0 Å². The van der Waals surface area contributed by atoms with E-state index in [2.05, 4.69) is 49.0 Å². The summed E-state index contributed by atoms with van der Waals surface area (Å²) in [7, 11) is 0. The number of hydrogen-bond donors (Lipinski definition) is 1. The predicted molar refractivity (Wildman–Crippen MR) is 80.3 cm³/mol. The highest BCUT2D eigenvalue weighted by atomic mass is 15.0. The molecule has 3 heteroatoms. The Balaban J connectivity index is 2.42. The Morgan fingerprint density at radius 1 is 1.05 bits per heavy atom. The van der Waals surface area contributed by atoms with E-state index in [0.29, 0.717) is 12.0 Å². The lowest BCUT2D eigenvalue weighted by Crippen LogP contribution is -2.13. The number of anilines is 1. The van der Waals surface area contributed by atoms with Crippen LogP contribution in [0.1, 0.15) is 39.2 Å². The summed E-state index contributed by atoms with van der Waals surface area (Å²) < 4.78 is 0. The molecule has 2 aromatic rings. The van der Waals surface area contributed by atoms with E-state index in [1.54, 1.807) is 0 Å². The summed E-state index contributed by atoms with van der Waals surface area (Å²) in [5.74, 6) is 1.40. The van der Waals surface area contributed by atoms with Crippen molar-refractivity contribution in [3.05, 3.63) is 42.2 Å². The van der Waals surface area contributed by atoms with Crippen LogP contribution in [0.2, 0.25) is 0 Å². The van der Waals surface area contributed by atoms with E-state index < -0.39 is 0 Å². The number of nitrogens with zero attached hydrogens (tertiary/aromatic N) is 2. The normalized spacial score (nSPS) is 11.1. The van der Waals surface area contributed by atoms with Crippen molar-refractivity contribution in [3.8, 4) is 11.3 Å². The van der Waals surface area contributed by atoms with Crippen LogP contribution in [-0.2, 0) is 0 Å². The molecule has 0 atom stereocenters. The van der Waals surface area contributed by atoms with Crippen LogP contribution >= 0.6 is 0 Å². The number of rotatable bonds is 4. The minimum absolute atomic E-state index is 0.380. The van der Waals surface area contributed by atoms with Crippen LogP contribution in [0.4, 0.5) is 5.82 Å². The van der Waals surface area contributed by atoms with E-state index in [1.165, 1.54) is 5.56 Å². The average Bonchev–Trinajstić information content (AvgIpc) is 2.39. The third-order valence-electron chi connectivity index (χ3n) is 2.93. The SMILES string of the molecule is CC(C)Nc1ncc(-c2ccccn2)cc1C(C)C. The minimum Gasteiger partial charge on any atom is -0.368 e. The van der Waals surface area contributed by atoms with Crippen molar-refractivity contribution in [1.29, 1.82) is 0 Å². The maximum Gasteiger partial charge on any atom is 0.129 e. The summed E-state index contributed by atoms with van der Waals surface area (Å²) in [5.41, 5.74) is 3.27. The minimum atomic E-state index is 0.380. The van der Waals surface area contributed by atoms with Gasteiger partial charge >= 0.3 is 0 Å². The fourth-order valence-corrected chi connectivity index (χ4v) is 1.99. The predicted octanol–water partition coefficient (Wildman–Crippen LogP) is 4.09. The summed E-state index contributed by atoms with van der Waals surface area (Å²) in [6.07, 6.45) is 3.70. The first kappa shape index (κ1) is 13.5. The van der Waals surface area contributed by atoms with Gasteiger partial charge in [0.2, 0.25) is 0 Å². The van der Waals surface area contributed by atoms with E-state index >= 15 is 0 Å². The maximum atomic E-state index is 4.57. The monoisotopic (exact) mass is 255 g/mol. The second kappa shape index (κ2) is 5.83. The molecule has 0 aliphatic rings. The number of hydrogen-bond acceptors (Lipinski definition) is 3. The van der Waals surface area contributed by atoms with Crippen LogP contribution < -0.4 is 5.32 Å². The van der Waals surface area contributed by atoms with Gasteiger partial charge in [0.1, 0.15) is 5.82 Å². The van der Waals surface area contributed by atoms with Gasteiger partial charge in [0, 0.05) is 24.0 Å². The molecule has 0 saturated heterocycles. The average molecular weight is 255 g/mol. The largest absolute Gasteiger partial charge is 0.368 e. The Morgan fingerprint density at radius 3 is 2.42 bits per heavy atom. The zero-order valence-corrected chi connectivity index (χ0v) is 12.0. The summed E-state index contributed by atoms with van der Waals surface area (Å²) in [6.45, 7) is 8.62. The molecule has 2 heterocycles. The van der Waals surface area contributed by atoms with Crippen molar-refractivity contribution in [3.63, 3.8) is 0 Å². The maximum absolute atomic E-state index is 4.57. The third-order valence-corrected chi connectivity index (χ3v) is 2.93. The lowest BCUT2D eigenvalue weighted by Gasteiger charge is -2.17. The van der Waals surface area contributed by atoms with Gasteiger partial charge in [-0.05, 0) is 43.5 Å². The molecule has 100 valence electrons. The van der Waals surface area contributed by atoms with Gasteiger partial charge in [-0.1, -0.05) is 19.9 Å². The third kappa shape index (κ3) is 3.31. The van der Waals surface area contributed by atoms with E-state index in [0.717, 1.165) is 17.1 Å². The van der Waals surface area contributed by atoms with E-state index in [4.69, 9.17) is 0 Å². The highest BCUT2D eigenvalue weighted by molar-refractivity contribution is 5.63. The quantitative estimate of drug-likeness (QED) is 0.894. The number of nitrogens with one attached hydrogen (secondary N) is 1. The van der Waals surface area contributed by atoms with E-state index in [1.807, 2.05) is 30.6 Å². The topological polar surface area (TPSA) is 37.8 Å². The summed E-state index contributed by atoms with van der Waals surface area (Å²) >= 11 is 0. The molecule has 0 aromatic carbocycles. The fraction of sp³-hybridized carbons (Fsp3) is 0.375. The molecule has 0 saturated carbocycles. The van der Waals surface area contributed by atoms with Gasteiger partial charge < -0.3 is 5.32 Å². The molecule has 0 unspecified atom stereocenters. The Morgan fingerprint density at radius 2 is 1.84 bits per heavy atom. The first-order valence-electron chi connectivity index (χ1n) is 6.76. The molecule has 0 fully saturated rings. The molecule has 2 rings (SSSR count). The number of pyridine rings is 2. The lowest BCUT2D eigenvalue weighted by molar-refractivity contribution is 0.834. The molecule has 0 aliphatic heterocycles. The van der Waals surface area contributed by atoms with Gasteiger partial charge in [-0.15, -0.1) is 0 Å². The standard InChI is InChI=1S/C16H21N3/c1-11(2)14-9-13(15-7-5-6-8-17-15)10-18-16(14)19-12(3)4/h5-12H,1-4H3,(H,18,19). The molecule has 0 aliphatic carbocycles. The Kier molecular flexibility index (Phi) is 4.15. The first-order chi connectivity index (χ1) is 9.08. The van der Waals surface area contributed by atoms with Crippen molar-refractivity contribution in [2.24, 2.45) is 0 Å². The summed E-state index contributed by atoms with van der Waals surface area (Å²) in [5, 5.41) is 3.40. The second-order valence-corrected chi connectivity index (χ2v) is 5.33. The highest BCUT2D eigenvalue weighted by Gasteiger charge is 2.11. The van der Waals surface area contributed by atoms with Crippen LogP contribution in [0.15, 0.2) is 36.7 Å². The molecule has 0 radical (unpaired) electrons. The van der Waals surface area contributed by atoms with Crippen LogP contribution in [0.3, 0.4) is 0 Å². The van der Waals surface area contributed by atoms with Crippen molar-refractivity contribution < 1.29 is 0 Å². The van der Waals surface area contributed by atoms with Gasteiger partial charge in [-0.2, -0.15) is 0 Å². The highest BCUT2D eigenvalue weighted by Crippen LogP contribution is 2.27. The smallest absolute Gasteiger partial charge is 0.129 e.